The Kier molecular flexibility index (Phi) is 4.58. The monoisotopic (exact) mass is 352 g/mol. The van der Waals surface area contributed by atoms with Crippen LogP contribution in [-0.2, 0) is 21.3 Å². The van der Waals surface area contributed by atoms with Crippen molar-refractivity contribution in [2.45, 2.75) is 29.5 Å². The van der Waals surface area contributed by atoms with Crippen molar-refractivity contribution in [2.75, 3.05) is 5.75 Å². The Morgan fingerprint density at radius 1 is 1.04 bits per heavy atom. The summed E-state index contributed by atoms with van der Waals surface area (Å²) in [5.74, 6) is 0.223. The number of thioether (sulfide) groups is 1. The third kappa shape index (κ3) is 3.59. The van der Waals surface area contributed by atoms with Gasteiger partial charge in [-0.2, -0.15) is 13.2 Å². The third-order valence-corrected chi connectivity index (χ3v) is 5.21. The van der Waals surface area contributed by atoms with Crippen LogP contribution < -0.4 is 0 Å². The van der Waals surface area contributed by atoms with Gasteiger partial charge in [-0.05, 0) is 29.8 Å². The third-order valence-electron chi connectivity index (χ3n) is 4.00. The lowest BCUT2D eigenvalue weighted by atomic mass is 9.93. The van der Waals surface area contributed by atoms with Gasteiger partial charge in [-0.25, -0.2) is 0 Å². The first-order chi connectivity index (χ1) is 11.4. The molecule has 0 N–H and O–H groups in total. The van der Waals surface area contributed by atoms with Crippen LogP contribution in [0.1, 0.15) is 24.0 Å². The van der Waals surface area contributed by atoms with Gasteiger partial charge in [-0.15, -0.1) is 11.8 Å². The van der Waals surface area contributed by atoms with E-state index in [1.54, 1.807) is 0 Å². The maximum Gasteiger partial charge on any atom is 0.416 e. The average Bonchev–Trinajstić information content (AvgIpc) is 2.96. The zero-order valence-electron chi connectivity index (χ0n) is 12.7. The Labute approximate surface area is 142 Å². The van der Waals surface area contributed by atoms with Gasteiger partial charge in [0.2, 0.25) is 0 Å². The van der Waals surface area contributed by atoms with Crippen molar-refractivity contribution in [3.63, 3.8) is 0 Å². The van der Waals surface area contributed by atoms with E-state index in [2.05, 4.69) is 0 Å². The van der Waals surface area contributed by atoms with E-state index in [0.717, 1.165) is 17.7 Å². The van der Waals surface area contributed by atoms with Crippen LogP contribution in [-0.4, -0.2) is 11.7 Å². The summed E-state index contributed by atoms with van der Waals surface area (Å²) in [5.41, 5.74) is -0.474. The van der Waals surface area contributed by atoms with E-state index < -0.39 is 17.3 Å². The topological polar surface area (TPSA) is 26.3 Å². The molecular formula is C18H15F3O2S. The summed E-state index contributed by atoms with van der Waals surface area (Å²) in [6, 6.07) is 14.5. The predicted molar refractivity (Wildman–Crippen MR) is 85.6 cm³/mol. The van der Waals surface area contributed by atoms with Gasteiger partial charge in [0, 0.05) is 23.5 Å². The van der Waals surface area contributed by atoms with Crippen LogP contribution in [0.15, 0.2) is 59.5 Å². The van der Waals surface area contributed by atoms with E-state index in [1.807, 2.05) is 30.3 Å². The smallest absolute Gasteiger partial charge is 0.416 e. The molecule has 1 heterocycles. The Balaban J connectivity index is 1.76. The molecule has 1 saturated heterocycles. The number of hydrogen-bond donors (Lipinski definition) is 0. The summed E-state index contributed by atoms with van der Waals surface area (Å²) in [6.07, 6.45) is -3.42. The zero-order chi connectivity index (χ0) is 17.2. The molecule has 3 rings (SSSR count). The van der Waals surface area contributed by atoms with Crippen molar-refractivity contribution in [1.82, 2.24) is 0 Å². The number of carbonyl (C=O) groups is 1. The molecule has 1 atom stereocenters. The number of esters is 1. The van der Waals surface area contributed by atoms with Crippen LogP contribution in [0.2, 0.25) is 0 Å². The van der Waals surface area contributed by atoms with Crippen molar-refractivity contribution < 1.29 is 22.7 Å². The summed E-state index contributed by atoms with van der Waals surface area (Å²) < 4.78 is 43.4. The number of rotatable bonds is 4. The number of alkyl halides is 3. The first-order valence-electron chi connectivity index (χ1n) is 7.46. The van der Waals surface area contributed by atoms with E-state index in [1.165, 1.54) is 23.9 Å². The molecule has 2 aromatic carbocycles. The van der Waals surface area contributed by atoms with E-state index in [4.69, 9.17) is 4.74 Å². The summed E-state index contributed by atoms with van der Waals surface area (Å²) in [5, 5.41) is 0. The van der Waals surface area contributed by atoms with Crippen LogP contribution in [0.3, 0.4) is 0 Å². The molecule has 2 aromatic rings. The highest BCUT2D eigenvalue weighted by molar-refractivity contribution is 7.99. The number of halogens is 3. The molecule has 6 heteroatoms. The van der Waals surface area contributed by atoms with Crippen molar-refractivity contribution in [1.29, 1.82) is 0 Å². The Bertz CT molecular complexity index is 713. The van der Waals surface area contributed by atoms with Crippen LogP contribution in [0.4, 0.5) is 13.2 Å². The van der Waals surface area contributed by atoms with E-state index in [0.29, 0.717) is 23.5 Å². The number of carbonyl (C=O) groups excluding carboxylic acids is 1. The first kappa shape index (κ1) is 16.9. The number of cyclic esters (lactones) is 1. The SMILES string of the molecule is O=C1CC[C@](CSc2ccc(C(F)(F)F)cc2)(c2ccccc2)O1. The standard InChI is InChI=1S/C18H15F3O2S/c19-18(20,21)14-6-8-15(9-7-14)24-12-17(11-10-16(22)23-17)13-4-2-1-3-5-13/h1-9H,10-12H2/t17-/m0/s1. The minimum absolute atomic E-state index is 0.244. The van der Waals surface area contributed by atoms with Gasteiger partial charge in [0.15, 0.2) is 0 Å². The second-order valence-electron chi connectivity index (χ2n) is 5.65. The molecule has 0 spiro atoms. The van der Waals surface area contributed by atoms with E-state index in [9.17, 15) is 18.0 Å². The molecule has 1 aliphatic rings. The van der Waals surface area contributed by atoms with Crippen LogP contribution in [0, 0.1) is 0 Å². The normalized spacial score (nSPS) is 20.9. The van der Waals surface area contributed by atoms with Crippen molar-refractivity contribution in [3.8, 4) is 0 Å². The van der Waals surface area contributed by atoms with Crippen molar-refractivity contribution in [3.05, 3.63) is 65.7 Å². The summed E-state index contributed by atoms with van der Waals surface area (Å²) in [6.45, 7) is 0. The molecule has 0 bridgehead atoms. The van der Waals surface area contributed by atoms with Gasteiger partial charge in [0.25, 0.3) is 0 Å². The molecule has 2 nitrogen and oxygen atoms in total. The quantitative estimate of drug-likeness (QED) is 0.570. The summed E-state index contributed by atoms with van der Waals surface area (Å²) in [4.78, 5) is 12.4. The molecule has 0 aromatic heterocycles. The molecule has 126 valence electrons. The zero-order valence-corrected chi connectivity index (χ0v) is 13.5. The fraction of sp³-hybridized carbons (Fsp3) is 0.278. The molecule has 0 amide bonds. The van der Waals surface area contributed by atoms with Crippen molar-refractivity contribution >= 4 is 17.7 Å². The molecule has 0 unspecified atom stereocenters. The molecule has 1 fully saturated rings. The minimum Gasteiger partial charge on any atom is -0.453 e. The summed E-state index contributed by atoms with van der Waals surface area (Å²) >= 11 is 1.39. The molecule has 0 saturated carbocycles. The highest BCUT2D eigenvalue weighted by Gasteiger charge is 2.42. The van der Waals surface area contributed by atoms with E-state index >= 15 is 0 Å². The van der Waals surface area contributed by atoms with Gasteiger partial charge < -0.3 is 4.74 Å². The highest BCUT2D eigenvalue weighted by atomic mass is 32.2. The number of ether oxygens (including phenoxy) is 1. The van der Waals surface area contributed by atoms with Crippen LogP contribution in [0.25, 0.3) is 0 Å². The lowest BCUT2D eigenvalue weighted by Crippen LogP contribution is -2.28. The van der Waals surface area contributed by atoms with Crippen LogP contribution >= 0.6 is 11.8 Å². The maximum atomic E-state index is 12.6. The number of benzene rings is 2. The van der Waals surface area contributed by atoms with Gasteiger partial charge in [-0.1, -0.05) is 30.3 Å². The van der Waals surface area contributed by atoms with Gasteiger partial charge >= 0.3 is 12.1 Å². The molecule has 0 aliphatic carbocycles. The summed E-state index contributed by atoms with van der Waals surface area (Å²) in [7, 11) is 0. The van der Waals surface area contributed by atoms with Gasteiger partial charge in [0.1, 0.15) is 5.60 Å². The lowest BCUT2D eigenvalue weighted by molar-refractivity contribution is -0.147. The Hall–Kier alpha value is -1.95. The molecule has 24 heavy (non-hydrogen) atoms. The Morgan fingerprint density at radius 3 is 2.25 bits per heavy atom. The fourth-order valence-electron chi connectivity index (χ4n) is 2.69. The fourth-order valence-corrected chi connectivity index (χ4v) is 3.79. The van der Waals surface area contributed by atoms with Gasteiger partial charge in [-0.3, -0.25) is 4.79 Å². The largest absolute Gasteiger partial charge is 0.453 e. The Morgan fingerprint density at radius 2 is 1.71 bits per heavy atom. The first-order valence-corrected chi connectivity index (χ1v) is 8.45. The van der Waals surface area contributed by atoms with Gasteiger partial charge in [0.05, 0.1) is 5.56 Å². The highest BCUT2D eigenvalue weighted by Crippen LogP contribution is 2.41. The second kappa shape index (κ2) is 6.51. The van der Waals surface area contributed by atoms with E-state index in [-0.39, 0.29) is 5.97 Å². The molecule has 0 radical (unpaired) electrons. The molecular weight excluding hydrogens is 337 g/mol. The maximum absolute atomic E-state index is 12.6. The van der Waals surface area contributed by atoms with Crippen molar-refractivity contribution in [2.24, 2.45) is 0 Å². The predicted octanol–water partition coefficient (Wildman–Crippen LogP) is 5.03. The average molecular weight is 352 g/mol. The lowest BCUT2D eigenvalue weighted by Gasteiger charge is -2.28. The number of hydrogen-bond acceptors (Lipinski definition) is 3. The second-order valence-corrected chi connectivity index (χ2v) is 6.69. The minimum atomic E-state index is -4.34. The molecule has 1 aliphatic heterocycles. The van der Waals surface area contributed by atoms with Crippen LogP contribution in [0.5, 0.6) is 0 Å².